The van der Waals surface area contributed by atoms with Crippen LogP contribution in [-0.4, -0.2) is 11.2 Å². The summed E-state index contributed by atoms with van der Waals surface area (Å²) in [5.41, 5.74) is 0.826. The van der Waals surface area contributed by atoms with Crippen molar-refractivity contribution in [1.82, 2.24) is 0 Å². The zero-order chi connectivity index (χ0) is 11.4. The summed E-state index contributed by atoms with van der Waals surface area (Å²) in [6.45, 7) is 3.96. The molecule has 0 saturated heterocycles. The fourth-order valence-corrected chi connectivity index (χ4v) is 1.69. The molecule has 0 radical (unpaired) electrons. The van der Waals surface area contributed by atoms with Gasteiger partial charge in [-0.15, -0.1) is 0 Å². The molecule has 0 saturated carbocycles. The molecule has 1 unspecified atom stereocenters. The molecule has 15 heavy (non-hydrogen) atoms. The lowest BCUT2D eigenvalue weighted by Crippen LogP contribution is -2.27. The number of thiol groups is 1. The highest BCUT2D eigenvalue weighted by molar-refractivity contribution is 14.1. The average molecular weight is 335 g/mol. The van der Waals surface area contributed by atoms with E-state index in [1.807, 2.05) is 38.1 Å². The van der Waals surface area contributed by atoms with E-state index in [4.69, 9.17) is 0 Å². The molecule has 0 aliphatic carbocycles. The van der Waals surface area contributed by atoms with Crippen molar-refractivity contribution in [3.05, 3.63) is 27.8 Å². The number of rotatable bonds is 3. The smallest absolute Gasteiger partial charge is 0.237 e. The van der Waals surface area contributed by atoms with Crippen LogP contribution in [0, 0.1) is 9.49 Å². The second kappa shape index (κ2) is 5.75. The van der Waals surface area contributed by atoms with Crippen LogP contribution in [0.15, 0.2) is 24.3 Å². The third kappa shape index (κ3) is 4.03. The number of hydrogen-bond acceptors (Lipinski definition) is 2. The van der Waals surface area contributed by atoms with Gasteiger partial charge in [0.25, 0.3) is 0 Å². The minimum atomic E-state index is -0.261. The molecule has 0 heterocycles. The van der Waals surface area contributed by atoms with Crippen LogP contribution >= 0.6 is 35.2 Å². The van der Waals surface area contributed by atoms with Gasteiger partial charge in [0.2, 0.25) is 5.91 Å². The highest BCUT2D eigenvalue weighted by Gasteiger charge is 2.17. The molecular formula is C11H14INOS. The quantitative estimate of drug-likeness (QED) is 0.645. The highest BCUT2D eigenvalue weighted by Crippen LogP contribution is 2.15. The van der Waals surface area contributed by atoms with Crippen LogP contribution in [0.1, 0.15) is 13.8 Å². The van der Waals surface area contributed by atoms with Crippen molar-refractivity contribution < 1.29 is 4.79 Å². The molecule has 0 aliphatic heterocycles. The maximum absolute atomic E-state index is 11.7. The van der Waals surface area contributed by atoms with Crippen LogP contribution in [0.4, 0.5) is 5.69 Å². The average Bonchev–Trinajstić information content (AvgIpc) is 2.16. The summed E-state index contributed by atoms with van der Waals surface area (Å²) in [4.78, 5) is 11.7. The number of nitrogens with one attached hydrogen (secondary N) is 1. The zero-order valence-corrected chi connectivity index (χ0v) is 11.7. The molecule has 0 spiro atoms. The lowest BCUT2D eigenvalue weighted by atomic mass is 10.1. The number of anilines is 1. The summed E-state index contributed by atoms with van der Waals surface area (Å²) in [6.07, 6.45) is 0. The Morgan fingerprint density at radius 3 is 2.67 bits per heavy atom. The van der Waals surface area contributed by atoms with Gasteiger partial charge < -0.3 is 5.32 Å². The van der Waals surface area contributed by atoms with Gasteiger partial charge in [-0.25, -0.2) is 0 Å². The van der Waals surface area contributed by atoms with E-state index in [9.17, 15) is 4.79 Å². The Kier molecular flexibility index (Phi) is 4.92. The van der Waals surface area contributed by atoms with E-state index < -0.39 is 0 Å². The van der Waals surface area contributed by atoms with Crippen molar-refractivity contribution in [3.63, 3.8) is 0 Å². The Hall–Kier alpha value is -0.230. The topological polar surface area (TPSA) is 29.1 Å². The third-order valence-electron chi connectivity index (χ3n) is 1.99. The van der Waals surface area contributed by atoms with Gasteiger partial charge >= 0.3 is 0 Å². The van der Waals surface area contributed by atoms with Gasteiger partial charge in [0.05, 0.1) is 5.25 Å². The van der Waals surface area contributed by atoms with Gasteiger partial charge in [-0.3, -0.25) is 4.79 Å². The predicted molar refractivity (Wildman–Crippen MR) is 75.4 cm³/mol. The number of benzene rings is 1. The van der Waals surface area contributed by atoms with Gasteiger partial charge in [0, 0.05) is 9.26 Å². The summed E-state index contributed by atoms with van der Waals surface area (Å²) in [7, 11) is 0. The van der Waals surface area contributed by atoms with Crippen molar-refractivity contribution in [2.24, 2.45) is 5.92 Å². The van der Waals surface area contributed by atoms with E-state index in [1.54, 1.807) is 0 Å². The first-order chi connectivity index (χ1) is 7.00. The summed E-state index contributed by atoms with van der Waals surface area (Å²) in [5.74, 6) is 0.187. The van der Waals surface area contributed by atoms with Crippen molar-refractivity contribution in [3.8, 4) is 0 Å². The first-order valence-corrected chi connectivity index (χ1v) is 6.34. The molecule has 1 aromatic rings. The van der Waals surface area contributed by atoms with Crippen LogP contribution in [0.2, 0.25) is 0 Å². The first-order valence-electron chi connectivity index (χ1n) is 4.75. The minimum absolute atomic E-state index is 0.0460. The molecule has 82 valence electrons. The maximum atomic E-state index is 11.7. The number of carbonyl (C=O) groups is 1. The Labute approximate surface area is 109 Å². The van der Waals surface area contributed by atoms with Crippen LogP contribution in [0.25, 0.3) is 0 Å². The molecule has 1 amide bonds. The first kappa shape index (κ1) is 12.8. The molecule has 1 aromatic carbocycles. The van der Waals surface area contributed by atoms with Gasteiger partial charge in [-0.2, -0.15) is 12.6 Å². The summed E-state index contributed by atoms with van der Waals surface area (Å²) >= 11 is 6.47. The van der Waals surface area contributed by atoms with E-state index >= 15 is 0 Å². The Morgan fingerprint density at radius 1 is 1.47 bits per heavy atom. The van der Waals surface area contributed by atoms with Crippen LogP contribution in [0.3, 0.4) is 0 Å². The van der Waals surface area contributed by atoms with E-state index in [0.29, 0.717) is 0 Å². The minimum Gasteiger partial charge on any atom is -0.325 e. The molecular weight excluding hydrogens is 321 g/mol. The SMILES string of the molecule is CC(C)C(S)C(=O)Nc1cccc(I)c1. The van der Waals surface area contributed by atoms with Crippen molar-refractivity contribution in [2.75, 3.05) is 5.32 Å². The maximum Gasteiger partial charge on any atom is 0.237 e. The largest absolute Gasteiger partial charge is 0.325 e. The zero-order valence-electron chi connectivity index (χ0n) is 8.70. The molecule has 1 N–H and O–H groups in total. The lowest BCUT2D eigenvalue weighted by Gasteiger charge is -2.14. The van der Waals surface area contributed by atoms with Crippen LogP contribution in [-0.2, 0) is 4.79 Å². The van der Waals surface area contributed by atoms with E-state index in [0.717, 1.165) is 9.26 Å². The van der Waals surface area contributed by atoms with Gasteiger partial charge in [-0.05, 0) is 46.7 Å². The number of carbonyl (C=O) groups excluding carboxylic acids is 1. The van der Waals surface area contributed by atoms with Gasteiger partial charge in [0.15, 0.2) is 0 Å². The fraction of sp³-hybridized carbons (Fsp3) is 0.364. The van der Waals surface area contributed by atoms with Crippen molar-refractivity contribution >= 4 is 46.8 Å². The third-order valence-corrected chi connectivity index (χ3v) is 3.49. The standard InChI is InChI=1S/C11H14INOS/c1-7(2)10(15)11(14)13-9-5-3-4-8(12)6-9/h3-7,10,15H,1-2H3,(H,13,14). The molecule has 0 bridgehead atoms. The molecule has 0 aromatic heterocycles. The van der Waals surface area contributed by atoms with Gasteiger partial charge in [0.1, 0.15) is 0 Å². The van der Waals surface area contributed by atoms with Crippen molar-refractivity contribution in [1.29, 1.82) is 0 Å². The molecule has 0 aliphatic rings. The monoisotopic (exact) mass is 335 g/mol. The number of hydrogen-bond donors (Lipinski definition) is 2. The normalized spacial score (nSPS) is 12.6. The van der Waals surface area contributed by atoms with Crippen molar-refractivity contribution in [2.45, 2.75) is 19.1 Å². The second-order valence-corrected chi connectivity index (χ2v) is 5.49. The number of halogens is 1. The number of amides is 1. The second-order valence-electron chi connectivity index (χ2n) is 3.69. The van der Waals surface area contributed by atoms with E-state index in [-0.39, 0.29) is 17.1 Å². The van der Waals surface area contributed by atoms with E-state index in [2.05, 4.69) is 40.5 Å². The summed E-state index contributed by atoms with van der Waals surface area (Å²) in [5, 5.41) is 2.58. The van der Waals surface area contributed by atoms with Gasteiger partial charge in [-0.1, -0.05) is 19.9 Å². The Balaban J connectivity index is 2.66. The Bertz CT molecular complexity index is 354. The lowest BCUT2D eigenvalue weighted by molar-refractivity contribution is -0.116. The summed E-state index contributed by atoms with van der Waals surface area (Å²) in [6, 6.07) is 7.71. The molecule has 4 heteroatoms. The predicted octanol–water partition coefficient (Wildman–Crippen LogP) is 3.18. The summed E-state index contributed by atoms with van der Waals surface area (Å²) < 4.78 is 1.10. The molecule has 1 rings (SSSR count). The molecule has 1 atom stereocenters. The van der Waals surface area contributed by atoms with Crippen LogP contribution < -0.4 is 5.32 Å². The Morgan fingerprint density at radius 2 is 2.13 bits per heavy atom. The molecule has 0 fully saturated rings. The highest BCUT2D eigenvalue weighted by atomic mass is 127. The fourth-order valence-electron chi connectivity index (χ4n) is 1.09. The van der Waals surface area contributed by atoms with E-state index in [1.165, 1.54) is 0 Å². The molecule has 2 nitrogen and oxygen atoms in total. The van der Waals surface area contributed by atoms with Crippen LogP contribution in [0.5, 0.6) is 0 Å².